The van der Waals surface area contributed by atoms with Crippen molar-refractivity contribution in [3.05, 3.63) is 70.6 Å². The highest BCUT2D eigenvalue weighted by atomic mass is 35.5. The van der Waals surface area contributed by atoms with Gasteiger partial charge in [-0.05, 0) is 44.0 Å². The molecule has 6 nitrogen and oxygen atoms in total. The van der Waals surface area contributed by atoms with Crippen molar-refractivity contribution in [3.63, 3.8) is 0 Å². The molecule has 1 amide bonds. The van der Waals surface area contributed by atoms with E-state index in [0.29, 0.717) is 11.7 Å². The van der Waals surface area contributed by atoms with Crippen LogP contribution in [0.4, 0.5) is 0 Å². The van der Waals surface area contributed by atoms with E-state index in [0.717, 1.165) is 54.2 Å². The first-order valence-corrected chi connectivity index (χ1v) is 10.6. The van der Waals surface area contributed by atoms with Gasteiger partial charge in [-0.2, -0.15) is 4.98 Å². The Bertz CT molecular complexity index is 1020. The summed E-state index contributed by atoms with van der Waals surface area (Å²) in [5, 5.41) is 7.75. The molecule has 1 aromatic heterocycles. The quantitative estimate of drug-likeness (QED) is 0.641. The number of nitrogens with one attached hydrogen (secondary N) is 1. The first-order chi connectivity index (χ1) is 14.6. The van der Waals surface area contributed by atoms with Gasteiger partial charge < -0.3 is 9.84 Å². The van der Waals surface area contributed by atoms with E-state index < -0.39 is 0 Å². The Morgan fingerprint density at radius 3 is 2.97 bits per heavy atom. The van der Waals surface area contributed by atoms with Gasteiger partial charge in [0.15, 0.2) is 0 Å². The highest BCUT2D eigenvalue weighted by molar-refractivity contribution is 6.31. The summed E-state index contributed by atoms with van der Waals surface area (Å²) in [5.41, 5.74) is 3.12. The Morgan fingerprint density at radius 1 is 1.27 bits per heavy atom. The zero-order valence-electron chi connectivity index (χ0n) is 17.0. The number of nitrogens with zero attached hydrogens (tertiary/aromatic N) is 3. The van der Waals surface area contributed by atoms with Gasteiger partial charge in [-0.1, -0.05) is 58.7 Å². The monoisotopic (exact) mass is 424 g/mol. The van der Waals surface area contributed by atoms with Crippen molar-refractivity contribution in [1.82, 2.24) is 20.4 Å². The van der Waals surface area contributed by atoms with Gasteiger partial charge in [-0.15, -0.1) is 0 Å². The highest BCUT2D eigenvalue weighted by Crippen LogP contribution is 2.22. The average molecular weight is 425 g/mol. The molecule has 0 radical (unpaired) electrons. The fourth-order valence-electron chi connectivity index (χ4n) is 3.82. The van der Waals surface area contributed by atoms with Crippen molar-refractivity contribution in [2.24, 2.45) is 5.92 Å². The first-order valence-electron chi connectivity index (χ1n) is 10.2. The fraction of sp³-hybridized carbons (Fsp3) is 0.348. The number of amides is 1. The number of carbonyl (C=O) groups excluding carboxylic acids is 1. The van der Waals surface area contributed by atoms with Crippen LogP contribution >= 0.6 is 11.6 Å². The van der Waals surface area contributed by atoms with Gasteiger partial charge in [0.05, 0.1) is 12.5 Å². The van der Waals surface area contributed by atoms with Crippen LogP contribution in [0.1, 0.15) is 29.9 Å². The van der Waals surface area contributed by atoms with Crippen molar-refractivity contribution in [2.75, 3.05) is 13.1 Å². The lowest BCUT2D eigenvalue weighted by atomic mass is 9.96. The summed E-state index contributed by atoms with van der Waals surface area (Å²) in [6.45, 7) is 4.70. The van der Waals surface area contributed by atoms with Crippen LogP contribution in [0.5, 0.6) is 0 Å². The van der Waals surface area contributed by atoms with Gasteiger partial charge in [-0.3, -0.25) is 9.69 Å². The van der Waals surface area contributed by atoms with Gasteiger partial charge in [0, 0.05) is 23.7 Å². The van der Waals surface area contributed by atoms with Gasteiger partial charge in [0.1, 0.15) is 0 Å². The number of likely N-dealkylation sites (tertiary alicyclic amines) is 1. The lowest BCUT2D eigenvalue weighted by Crippen LogP contribution is -2.42. The van der Waals surface area contributed by atoms with Crippen molar-refractivity contribution in [1.29, 1.82) is 0 Å². The van der Waals surface area contributed by atoms with Crippen molar-refractivity contribution >= 4 is 17.5 Å². The van der Waals surface area contributed by atoms with Crippen LogP contribution in [0.3, 0.4) is 0 Å². The molecule has 0 aliphatic carbocycles. The number of piperidine rings is 1. The standard InChI is InChI=1S/C23H25ClN4O2/c1-16-6-4-8-17(12-16)22-26-21(30-27-22)13-25-23(29)19-9-5-11-28(15-19)14-18-7-2-3-10-20(18)24/h2-4,6-8,10,12,19H,5,9,11,13-15H2,1H3,(H,25,29). The zero-order chi connectivity index (χ0) is 20.9. The smallest absolute Gasteiger partial charge is 0.246 e. The third-order valence-electron chi connectivity index (χ3n) is 5.39. The van der Waals surface area contributed by atoms with E-state index in [1.54, 1.807) is 0 Å². The Hall–Kier alpha value is -2.70. The normalized spacial score (nSPS) is 17.1. The SMILES string of the molecule is Cc1cccc(-c2noc(CNC(=O)C3CCCN(Cc4ccccc4Cl)C3)n2)c1. The number of hydrogen-bond acceptors (Lipinski definition) is 5. The minimum atomic E-state index is -0.0552. The summed E-state index contributed by atoms with van der Waals surface area (Å²) in [5.74, 6) is 0.907. The molecule has 1 N–H and O–H groups in total. The third kappa shape index (κ3) is 5.07. The summed E-state index contributed by atoms with van der Waals surface area (Å²) < 4.78 is 5.31. The summed E-state index contributed by atoms with van der Waals surface area (Å²) in [7, 11) is 0. The number of halogens is 1. The predicted molar refractivity (Wildman–Crippen MR) is 116 cm³/mol. The molecule has 2 aromatic carbocycles. The van der Waals surface area contributed by atoms with E-state index in [-0.39, 0.29) is 18.4 Å². The molecule has 1 atom stereocenters. The second-order valence-corrected chi connectivity index (χ2v) is 8.17. The molecule has 156 valence electrons. The molecule has 4 rings (SSSR count). The largest absolute Gasteiger partial charge is 0.347 e. The maximum Gasteiger partial charge on any atom is 0.246 e. The molecule has 1 unspecified atom stereocenters. The lowest BCUT2D eigenvalue weighted by molar-refractivity contribution is -0.127. The van der Waals surface area contributed by atoms with E-state index >= 15 is 0 Å². The van der Waals surface area contributed by atoms with Crippen LogP contribution in [0.2, 0.25) is 5.02 Å². The molecule has 1 saturated heterocycles. The number of carbonyl (C=O) groups is 1. The summed E-state index contributed by atoms with van der Waals surface area (Å²) in [4.78, 5) is 19.4. The third-order valence-corrected chi connectivity index (χ3v) is 5.76. The second kappa shape index (κ2) is 9.41. The molecule has 0 bridgehead atoms. The molecule has 1 aliphatic heterocycles. The van der Waals surface area contributed by atoms with Gasteiger partial charge in [0.2, 0.25) is 17.6 Å². The topological polar surface area (TPSA) is 71.3 Å². The molecule has 7 heteroatoms. The van der Waals surface area contributed by atoms with E-state index in [4.69, 9.17) is 16.1 Å². The number of aromatic nitrogens is 2. The van der Waals surface area contributed by atoms with E-state index in [2.05, 4.69) is 20.4 Å². The number of aryl methyl sites for hydroxylation is 1. The van der Waals surface area contributed by atoms with E-state index in [9.17, 15) is 4.79 Å². The Morgan fingerprint density at radius 2 is 2.13 bits per heavy atom. The molecular formula is C23H25ClN4O2. The number of rotatable bonds is 6. The van der Waals surface area contributed by atoms with Crippen LogP contribution in [0.15, 0.2) is 53.1 Å². The molecule has 30 heavy (non-hydrogen) atoms. The number of hydrogen-bond donors (Lipinski definition) is 1. The van der Waals surface area contributed by atoms with E-state index in [1.807, 2.05) is 55.5 Å². The Labute approximate surface area is 181 Å². The first kappa shape index (κ1) is 20.6. The molecule has 2 heterocycles. The van der Waals surface area contributed by atoms with Crippen molar-refractivity contribution in [2.45, 2.75) is 32.9 Å². The molecule has 1 aliphatic rings. The van der Waals surface area contributed by atoms with E-state index in [1.165, 1.54) is 0 Å². The minimum absolute atomic E-state index is 0.0224. The van der Waals surface area contributed by atoms with Gasteiger partial charge in [-0.25, -0.2) is 0 Å². The van der Waals surface area contributed by atoms with Crippen LogP contribution in [-0.4, -0.2) is 34.0 Å². The maximum absolute atomic E-state index is 12.7. The second-order valence-electron chi connectivity index (χ2n) is 7.76. The van der Waals surface area contributed by atoms with Gasteiger partial charge in [0.25, 0.3) is 0 Å². The van der Waals surface area contributed by atoms with Crippen LogP contribution in [0, 0.1) is 12.8 Å². The van der Waals surface area contributed by atoms with Crippen LogP contribution in [-0.2, 0) is 17.9 Å². The fourth-order valence-corrected chi connectivity index (χ4v) is 4.01. The summed E-state index contributed by atoms with van der Waals surface area (Å²) in [6, 6.07) is 15.8. The lowest BCUT2D eigenvalue weighted by Gasteiger charge is -2.32. The highest BCUT2D eigenvalue weighted by Gasteiger charge is 2.26. The molecule has 3 aromatic rings. The van der Waals surface area contributed by atoms with Crippen LogP contribution < -0.4 is 5.32 Å². The molecular weight excluding hydrogens is 400 g/mol. The molecule has 0 spiro atoms. The molecule has 0 saturated carbocycles. The Balaban J connectivity index is 1.31. The predicted octanol–water partition coefficient (Wildman–Crippen LogP) is 4.23. The minimum Gasteiger partial charge on any atom is -0.347 e. The zero-order valence-corrected chi connectivity index (χ0v) is 17.7. The van der Waals surface area contributed by atoms with Gasteiger partial charge >= 0.3 is 0 Å². The average Bonchev–Trinajstić information content (AvgIpc) is 3.23. The Kier molecular flexibility index (Phi) is 6.45. The maximum atomic E-state index is 12.7. The summed E-state index contributed by atoms with van der Waals surface area (Å²) in [6.07, 6.45) is 1.86. The number of benzene rings is 2. The molecule has 1 fully saturated rings. The van der Waals surface area contributed by atoms with Crippen molar-refractivity contribution < 1.29 is 9.32 Å². The van der Waals surface area contributed by atoms with Crippen molar-refractivity contribution in [3.8, 4) is 11.4 Å². The summed E-state index contributed by atoms with van der Waals surface area (Å²) >= 11 is 6.29. The van der Waals surface area contributed by atoms with Crippen LogP contribution in [0.25, 0.3) is 11.4 Å².